The molecule has 1 unspecified atom stereocenters. The molecule has 2 N–H and O–H groups in total. The van der Waals surface area contributed by atoms with Gasteiger partial charge >= 0.3 is 0 Å². The Balaban J connectivity index is 1.62. The molecule has 1 atom stereocenters. The van der Waals surface area contributed by atoms with Crippen molar-refractivity contribution in [1.29, 1.82) is 0 Å². The standard InChI is InChI=1S/C23H29ClN4O4/c1-4-28(15(2)3)20-14-17(24)13-19(26-20)23(30)25-18-10-8-16(9-11-18)22(29)27-32-21-7-5-6-12-31-21/h8-11,13-15,21H,4-7,12H2,1-3H3,(H,25,30)(H,27,29). The zero-order valence-corrected chi connectivity index (χ0v) is 19.3. The van der Waals surface area contributed by atoms with Crippen LogP contribution >= 0.6 is 11.6 Å². The number of benzene rings is 1. The molecular weight excluding hydrogens is 432 g/mol. The van der Waals surface area contributed by atoms with Gasteiger partial charge in [-0.15, -0.1) is 0 Å². The molecule has 1 aromatic carbocycles. The summed E-state index contributed by atoms with van der Waals surface area (Å²) in [6, 6.07) is 9.98. The second-order valence-corrected chi connectivity index (χ2v) is 8.22. The van der Waals surface area contributed by atoms with Crippen molar-refractivity contribution < 1.29 is 19.2 Å². The van der Waals surface area contributed by atoms with Crippen LogP contribution in [0.4, 0.5) is 11.5 Å². The summed E-state index contributed by atoms with van der Waals surface area (Å²) in [5.41, 5.74) is 3.56. The van der Waals surface area contributed by atoms with Crippen LogP contribution in [0.1, 0.15) is 60.9 Å². The monoisotopic (exact) mass is 460 g/mol. The molecule has 0 saturated carbocycles. The van der Waals surface area contributed by atoms with Crippen molar-refractivity contribution in [3.63, 3.8) is 0 Å². The minimum Gasteiger partial charge on any atom is -0.354 e. The summed E-state index contributed by atoms with van der Waals surface area (Å²) in [7, 11) is 0. The Morgan fingerprint density at radius 1 is 1.22 bits per heavy atom. The normalized spacial score (nSPS) is 16.0. The number of aromatic nitrogens is 1. The van der Waals surface area contributed by atoms with Crippen LogP contribution in [0.25, 0.3) is 0 Å². The van der Waals surface area contributed by atoms with E-state index in [1.165, 1.54) is 6.07 Å². The molecule has 0 aliphatic carbocycles. The summed E-state index contributed by atoms with van der Waals surface area (Å²) in [5.74, 6) is -0.121. The van der Waals surface area contributed by atoms with E-state index in [0.717, 1.165) is 25.8 Å². The minimum absolute atomic E-state index is 0.217. The number of ether oxygens (including phenoxy) is 1. The van der Waals surface area contributed by atoms with E-state index in [1.54, 1.807) is 30.3 Å². The van der Waals surface area contributed by atoms with Crippen LogP contribution in [0.2, 0.25) is 5.02 Å². The Hall–Kier alpha value is -2.68. The molecule has 32 heavy (non-hydrogen) atoms. The number of hydrogen-bond acceptors (Lipinski definition) is 6. The number of rotatable bonds is 8. The molecule has 3 rings (SSSR count). The van der Waals surface area contributed by atoms with Crippen LogP contribution in [0.5, 0.6) is 0 Å². The third kappa shape index (κ3) is 6.41. The SMILES string of the molecule is CCN(c1cc(Cl)cc(C(=O)Nc2ccc(C(=O)NOC3CCCCO3)cc2)n1)C(C)C. The van der Waals surface area contributed by atoms with Gasteiger partial charge in [0.25, 0.3) is 11.8 Å². The number of carbonyl (C=O) groups excluding carboxylic acids is 2. The fourth-order valence-electron chi connectivity index (χ4n) is 3.42. The first-order chi connectivity index (χ1) is 15.4. The van der Waals surface area contributed by atoms with E-state index in [4.69, 9.17) is 21.2 Å². The van der Waals surface area contributed by atoms with Gasteiger partial charge in [0.15, 0.2) is 6.29 Å². The molecule has 2 aromatic rings. The van der Waals surface area contributed by atoms with E-state index in [-0.39, 0.29) is 23.6 Å². The van der Waals surface area contributed by atoms with Crippen molar-refractivity contribution in [2.75, 3.05) is 23.4 Å². The number of anilines is 2. The van der Waals surface area contributed by atoms with Crippen LogP contribution in [0.3, 0.4) is 0 Å². The first-order valence-corrected chi connectivity index (χ1v) is 11.2. The lowest BCUT2D eigenvalue weighted by atomic mass is 10.2. The molecule has 1 saturated heterocycles. The molecule has 1 aliphatic heterocycles. The van der Waals surface area contributed by atoms with Crippen molar-refractivity contribution >= 4 is 34.9 Å². The number of pyridine rings is 1. The van der Waals surface area contributed by atoms with Crippen molar-refractivity contribution in [2.45, 2.75) is 52.4 Å². The number of carbonyl (C=O) groups is 2. The van der Waals surface area contributed by atoms with Gasteiger partial charge < -0.3 is 15.0 Å². The molecule has 0 bridgehead atoms. The second-order valence-electron chi connectivity index (χ2n) is 7.79. The maximum atomic E-state index is 12.7. The topological polar surface area (TPSA) is 92.8 Å². The highest BCUT2D eigenvalue weighted by Gasteiger charge is 2.17. The van der Waals surface area contributed by atoms with Crippen LogP contribution < -0.4 is 15.7 Å². The zero-order chi connectivity index (χ0) is 23.1. The summed E-state index contributed by atoms with van der Waals surface area (Å²) < 4.78 is 5.42. The van der Waals surface area contributed by atoms with E-state index < -0.39 is 6.29 Å². The molecule has 1 aromatic heterocycles. The van der Waals surface area contributed by atoms with E-state index in [1.807, 2.05) is 6.92 Å². The van der Waals surface area contributed by atoms with Crippen molar-refractivity contribution in [3.05, 3.63) is 52.7 Å². The average molecular weight is 461 g/mol. The molecule has 9 heteroatoms. The fourth-order valence-corrected chi connectivity index (χ4v) is 3.62. The molecule has 0 spiro atoms. The Morgan fingerprint density at radius 3 is 2.59 bits per heavy atom. The molecule has 2 heterocycles. The highest BCUT2D eigenvalue weighted by Crippen LogP contribution is 2.22. The van der Waals surface area contributed by atoms with Gasteiger partial charge in [-0.1, -0.05) is 11.6 Å². The third-order valence-electron chi connectivity index (χ3n) is 5.09. The average Bonchev–Trinajstić information content (AvgIpc) is 2.78. The summed E-state index contributed by atoms with van der Waals surface area (Å²) in [4.78, 5) is 36.8. The molecule has 1 fully saturated rings. The summed E-state index contributed by atoms with van der Waals surface area (Å²) in [5, 5.41) is 3.23. The first-order valence-electron chi connectivity index (χ1n) is 10.8. The molecular formula is C23H29ClN4O4. The highest BCUT2D eigenvalue weighted by molar-refractivity contribution is 6.31. The number of amides is 2. The zero-order valence-electron chi connectivity index (χ0n) is 18.6. The molecule has 8 nitrogen and oxygen atoms in total. The van der Waals surface area contributed by atoms with Gasteiger partial charge in [-0.3, -0.25) is 9.59 Å². The predicted octanol–water partition coefficient (Wildman–Crippen LogP) is 4.41. The Kier molecular flexibility index (Phi) is 8.44. The number of nitrogens with zero attached hydrogens (tertiary/aromatic N) is 2. The van der Waals surface area contributed by atoms with Crippen LogP contribution in [-0.4, -0.2) is 42.3 Å². The van der Waals surface area contributed by atoms with Gasteiger partial charge in [0.05, 0.1) is 0 Å². The summed E-state index contributed by atoms with van der Waals surface area (Å²) in [6.07, 6.45) is 2.34. The molecule has 172 valence electrons. The Morgan fingerprint density at radius 2 is 1.97 bits per heavy atom. The van der Waals surface area contributed by atoms with Crippen molar-refractivity contribution in [3.8, 4) is 0 Å². The lowest BCUT2D eigenvalue weighted by molar-refractivity contribution is -0.186. The van der Waals surface area contributed by atoms with Crippen LogP contribution in [-0.2, 0) is 9.57 Å². The third-order valence-corrected chi connectivity index (χ3v) is 5.31. The molecule has 1 aliphatic rings. The van der Waals surface area contributed by atoms with Gasteiger partial charge in [-0.25, -0.2) is 15.3 Å². The maximum Gasteiger partial charge on any atom is 0.274 e. The van der Waals surface area contributed by atoms with Gasteiger partial charge in [0.1, 0.15) is 11.5 Å². The number of nitrogens with one attached hydrogen (secondary N) is 2. The maximum absolute atomic E-state index is 12.7. The molecule has 2 amide bonds. The number of hydroxylamine groups is 1. The van der Waals surface area contributed by atoms with E-state index in [9.17, 15) is 9.59 Å². The quantitative estimate of drug-likeness (QED) is 0.567. The first kappa shape index (κ1) is 24.0. The lowest BCUT2D eigenvalue weighted by Crippen LogP contribution is -2.33. The van der Waals surface area contributed by atoms with E-state index in [0.29, 0.717) is 28.7 Å². The predicted molar refractivity (Wildman–Crippen MR) is 124 cm³/mol. The summed E-state index contributed by atoms with van der Waals surface area (Å²) in [6.45, 7) is 7.50. The van der Waals surface area contributed by atoms with Crippen molar-refractivity contribution in [1.82, 2.24) is 10.5 Å². The van der Waals surface area contributed by atoms with Crippen molar-refractivity contribution in [2.24, 2.45) is 0 Å². The van der Waals surface area contributed by atoms with Gasteiger partial charge in [0, 0.05) is 41.9 Å². The van der Waals surface area contributed by atoms with E-state index >= 15 is 0 Å². The fraction of sp³-hybridized carbons (Fsp3) is 0.435. The largest absolute Gasteiger partial charge is 0.354 e. The number of halogens is 1. The Bertz CT molecular complexity index is 930. The van der Waals surface area contributed by atoms with Gasteiger partial charge in [-0.05, 0) is 70.0 Å². The second kappa shape index (κ2) is 11.3. The van der Waals surface area contributed by atoms with Crippen LogP contribution in [0, 0.1) is 0 Å². The number of hydrogen-bond donors (Lipinski definition) is 2. The smallest absolute Gasteiger partial charge is 0.274 e. The van der Waals surface area contributed by atoms with E-state index in [2.05, 4.69) is 34.5 Å². The minimum atomic E-state index is -0.416. The van der Waals surface area contributed by atoms with Crippen LogP contribution in [0.15, 0.2) is 36.4 Å². The highest BCUT2D eigenvalue weighted by atomic mass is 35.5. The molecule has 0 radical (unpaired) electrons. The Labute approximate surface area is 193 Å². The lowest BCUT2D eigenvalue weighted by Gasteiger charge is -2.26. The summed E-state index contributed by atoms with van der Waals surface area (Å²) >= 11 is 6.23. The van der Waals surface area contributed by atoms with Gasteiger partial charge in [0.2, 0.25) is 0 Å². The van der Waals surface area contributed by atoms with Gasteiger partial charge in [-0.2, -0.15) is 0 Å².